The Balaban J connectivity index is 2.14. The van der Waals surface area contributed by atoms with E-state index in [4.69, 9.17) is 10.5 Å². The lowest BCUT2D eigenvalue weighted by molar-refractivity contribution is -0.147. The van der Waals surface area contributed by atoms with Crippen molar-refractivity contribution in [3.8, 4) is 0 Å². The van der Waals surface area contributed by atoms with Crippen molar-refractivity contribution in [3.63, 3.8) is 0 Å². The molecule has 6 nitrogen and oxygen atoms in total. The SMILES string of the molecule is CCOC(=O)C1CSCN1C(=O)c1ccc(C(N)=O)cc1. The number of benzene rings is 1. The maximum Gasteiger partial charge on any atom is 0.329 e. The molecule has 1 fully saturated rings. The van der Waals surface area contributed by atoms with Crippen LogP contribution in [0.3, 0.4) is 0 Å². The van der Waals surface area contributed by atoms with Crippen LogP contribution in [0.1, 0.15) is 27.6 Å². The van der Waals surface area contributed by atoms with Gasteiger partial charge in [0.25, 0.3) is 5.91 Å². The molecule has 0 aliphatic carbocycles. The summed E-state index contributed by atoms with van der Waals surface area (Å²) in [5, 5.41) is 0. The molecule has 1 saturated heterocycles. The summed E-state index contributed by atoms with van der Waals surface area (Å²) >= 11 is 1.51. The standard InChI is InChI=1S/C14H16N2O4S/c1-2-20-14(19)11-7-21-8-16(11)13(18)10-5-3-9(4-6-10)12(15)17/h3-6,11H,2,7-8H2,1H3,(H2,15,17). The van der Waals surface area contributed by atoms with Gasteiger partial charge in [0.2, 0.25) is 5.91 Å². The minimum Gasteiger partial charge on any atom is -0.464 e. The molecule has 21 heavy (non-hydrogen) atoms. The largest absolute Gasteiger partial charge is 0.464 e. The van der Waals surface area contributed by atoms with E-state index in [0.29, 0.717) is 22.8 Å². The minimum absolute atomic E-state index is 0.255. The van der Waals surface area contributed by atoms with Gasteiger partial charge < -0.3 is 15.4 Å². The molecule has 1 aromatic carbocycles. The lowest BCUT2D eigenvalue weighted by atomic mass is 10.1. The summed E-state index contributed by atoms with van der Waals surface area (Å²) in [4.78, 5) is 36.8. The average molecular weight is 308 g/mol. The number of nitrogens with zero attached hydrogens (tertiary/aromatic N) is 1. The minimum atomic E-state index is -0.557. The molecular formula is C14H16N2O4S. The van der Waals surface area contributed by atoms with Gasteiger partial charge in [-0.1, -0.05) is 0 Å². The van der Waals surface area contributed by atoms with Crippen LogP contribution in [0, 0.1) is 0 Å². The third-order valence-electron chi connectivity index (χ3n) is 3.12. The highest BCUT2D eigenvalue weighted by atomic mass is 32.2. The third-order valence-corrected chi connectivity index (χ3v) is 4.13. The topological polar surface area (TPSA) is 89.7 Å². The van der Waals surface area contributed by atoms with Gasteiger partial charge in [0.1, 0.15) is 6.04 Å². The number of ether oxygens (including phenoxy) is 1. The zero-order valence-corrected chi connectivity index (χ0v) is 12.4. The Hall–Kier alpha value is -2.02. The van der Waals surface area contributed by atoms with Crippen molar-refractivity contribution >= 4 is 29.5 Å². The number of esters is 1. The lowest BCUT2D eigenvalue weighted by Gasteiger charge is -2.22. The van der Waals surface area contributed by atoms with Crippen LogP contribution in [0.5, 0.6) is 0 Å². The zero-order valence-electron chi connectivity index (χ0n) is 11.6. The number of carbonyl (C=O) groups is 3. The fourth-order valence-corrected chi connectivity index (χ4v) is 3.16. The third kappa shape index (κ3) is 3.36. The van der Waals surface area contributed by atoms with Gasteiger partial charge in [-0.2, -0.15) is 0 Å². The number of thioether (sulfide) groups is 1. The molecule has 1 unspecified atom stereocenters. The lowest BCUT2D eigenvalue weighted by Crippen LogP contribution is -2.42. The molecule has 0 bridgehead atoms. The highest BCUT2D eigenvalue weighted by Crippen LogP contribution is 2.24. The fourth-order valence-electron chi connectivity index (χ4n) is 2.02. The summed E-state index contributed by atoms with van der Waals surface area (Å²) in [6, 6.07) is 5.51. The Bertz CT molecular complexity index is 559. The Morgan fingerprint density at radius 3 is 2.48 bits per heavy atom. The summed E-state index contributed by atoms with van der Waals surface area (Å²) in [6.07, 6.45) is 0. The fraction of sp³-hybridized carbons (Fsp3) is 0.357. The quantitative estimate of drug-likeness (QED) is 0.833. The van der Waals surface area contributed by atoms with E-state index in [0.717, 1.165) is 0 Å². The number of nitrogens with two attached hydrogens (primary N) is 1. The average Bonchev–Trinajstić information content (AvgIpc) is 2.96. The molecule has 2 amide bonds. The highest BCUT2D eigenvalue weighted by Gasteiger charge is 2.36. The van der Waals surface area contributed by atoms with Gasteiger partial charge in [0.05, 0.1) is 12.5 Å². The first kappa shape index (κ1) is 15.4. The van der Waals surface area contributed by atoms with Crippen molar-refractivity contribution in [2.45, 2.75) is 13.0 Å². The van der Waals surface area contributed by atoms with Gasteiger partial charge >= 0.3 is 5.97 Å². The van der Waals surface area contributed by atoms with Crippen molar-refractivity contribution in [2.24, 2.45) is 5.73 Å². The molecule has 1 atom stereocenters. The van der Waals surface area contributed by atoms with Crippen molar-refractivity contribution in [3.05, 3.63) is 35.4 Å². The number of primary amides is 1. The molecule has 2 N–H and O–H groups in total. The molecule has 112 valence electrons. The van der Waals surface area contributed by atoms with Gasteiger partial charge in [-0.25, -0.2) is 4.79 Å². The second-order valence-electron chi connectivity index (χ2n) is 4.48. The first-order chi connectivity index (χ1) is 10.0. The second-order valence-corrected chi connectivity index (χ2v) is 5.48. The van der Waals surface area contributed by atoms with Crippen molar-refractivity contribution in [1.82, 2.24) is 4.90 Å². The van der Waals surface area contributed by atoms with E-state index in [1.165, 1.54) is 40.9 Å². The van der Waals surface area contributed by atoms with Crippen molar-refractivity contribution < 1.29 is 19.1 Å². The Kier molecular flexibility index (Phi) is 4.85. The van der Waals surface area contributed by atoms with Crippen LogP contribution in [-0.4, -0.2) is 47.0 Å². The summed E-state index contributed by atoms with van der Waals surface area (Å²) in [6.45, 7) is 2.02. The molecule has 1 aliphatic heterocycles. The van der Waals surface area contributed by atoms with Crippen LogP contribution in [0.15, 0.2) is 24.3 Å². The van der Waals surface area contributed by atoms with E-state index >= 15 is 0 Å². The Labute approximate surface area is 126 Å². The maximum atomic E-state index is 12.4. The highest BCUT2D eigenvalue weighted by molar-refractivity contribution is 7.99. The number of hydrogen-bond acceptors (Lipinski definition) is 5. The molecule has 0 aromatic heterocycles. The Morgan fingerprint density at radius 1 is 1.29 bits per heavy atom. The van der Waals surface area contributed by atoms with Crippen molar-refractivity contribution in [1.29, 1.82) is 0 Å². The number of carbonyl (C=O) groups excluding carboxylic acids is 3. The van der Waals surface area contributed by atoms with Crippen LogP contribution >= 0.6 is 11.8 Å². The zero-order chi connectivity index (χ0) is 15.4. The normalized spacial score (nSPS) is 17.6. The van der Waals surface area contributed by atoms with E-state index in [1.54, 1.807) is 6.92 Å². The summed E-state index contributed by atoms with van der Waals surface area (Å²) < 4.78 is 4.99. The number of hydrogen-bond donors (Lipinski definition) is 1. The van der Waals surface area contributed by atoms with Crippen LogP contribution in [-0.2, 0) is 9.53 Å². The first-order valence-corrected chi connectivity index (χ1v) is 7.65. The van der Waals surface area contributed by atoms with Gasteiger partial charge in [0.15, 0.2) is 0 Å². The van der Waals surface area contributed by atoms with E-state index in [2.05, 4.69) is 0 Å². The van der Waals surface area contributed by atoms with Gasteiger partial charge in [-0.3, -0.25) is 9.59 Å². The Morgan fingerprint density at radius 2 is 1.90 bits per heavy atom. The van der Waals surface area contributed by atoms with E-state index in [-0.39, 0.29) is 18.5 Å². The molecule has 2 rings (SSSR count). The predicted octanol–water partition coefficient (Wildman–Crippen LogP) is 0.864. The summed E-state index contributed by atoms with van der Waals surface area (Å²) in [7, 11) is 0. The molecular weight excluding hydrogens is 292 g/mol. The molecule has 0 saturated carbocycles. The molecule has 1 aromatic rings. The molecule has 7 heteroatoms. The van der Waals surface area contributed by atoms with Crippen molar-refractivity contribution in [2.75, 3.05) is 18.2 Å². The molecule has 0 radical (unpaired) electrons. The predicted molar refractivity (Wildman–Crippen MR) is 78.9 cm³/mol. The van der Waals surface area contributed by atoms with Crippen LogP contribution < -0.4 is 5.73 Å². The van der Waals surface area contributed by atoms with Gasteiger partial charge in [0, 0.05) is 16.9 Å². The van der Waals surface area contributed by atoms with E-state index in [1.807, 2.05) is 0 Å². The summed E-state index contributed by atoms with van der Waals surface area (Å²) in [5.74, 6) is -0.210. The number of rotatable bonds is 4. The first-order valence-electron chi connectivity index (χ1n) is 6.49. The monoisotopic (exact) mass is 308 g/mol. The van der Waals surface area contributed by atoms with Crippen LogP contribution in [0.25, 0.3) is 0 Å². The van der Waals surface area contributed by atoms with Crippen LogP contribution in [0.2, 0.25) is 0 Å². The summed E-state index contributed by atoms with van der Waals surface area (Å²) in [5.41, 5.74) is 5.91. The smallest absolute Gasteiger partial charge is 0.329 e. The van der Waals surface area contributed by atoms with Gasteiger partial charge in [-0.05, 0) is 31.2 Å². The van der Waals surface area contributed by atoms with Crippen LogP contribution in [0.4, 0.5) is 0 Å². The van der Waals surface area contributed by atoms with E-state index in [9.17, 15) is 14.4 Å². The molecule has 0 spiro atoms. The number of amides is 2. The van der Waals surface area contributed by atoms with E-state index < -0.39 is 11.9 Å². The maximum absolute atomic E-state index is 12.4. The molecule has 1 heterocycles. The van der Waals surface area contributed by atoms with Gasteiger partial charge in [-0.15, -0.1) is 11.8 Å². The second kappa shape index (κ2) is 6.62. The molecule has 1 aliphatic rings.